The van der Waals surface area contributed by atoms with Gasteiger partial charge in [-0.3, -0.25) is 10.1 Å². The Morgan fingerprint density at radius 3 is 2.80 bits per heavy atom. The number of alkyl halides is 1. The van der Waals surface area contributed by atoms with E-state index in [4.69, 9.17) is 0 Å². The van der Waals surface area contributed by atoms with Gasteiger partial charge in [0.2, 0.25) is 0 Å². The van der Waals surface area contributed by atoms with Gasteiger partial charge in [-0.2, -0.15) is 0 Å². The molecule has 0 heterocycles. The average molecular weight is 276 g/mol. The Labute approximate surface area is 95.6 Å². The first-order valence-corrected chi connectivity index (χ1v) is 5.49. The zero-order valence-electron chi connectivity index (χ0n) is 8.24. The van der Waals surface area contributed by atoms with Crippen molar-refractivity contribution >= 4 is 21.6 Å². The SMILES string of the molecule is CC(Br)CCc1cc(F)ccc1[N+](=O)[O-]. The molecule has 0 saturated carbocycles. The van der Waals surface area contributed by atoms with Crippen LogP contribution in [0.1, 0.15) is 18.9 Å². The van der Waals surface area contributed by atoms with Gasteiger partial charge >= 0.3 is 0 Å². The highest BCUT2D eigenvalue weighted by molar-refractivity contribution is 9.09. The summed E-state index contributed by atoms with van der Waals surface area (Å²) in [5.41, 5.74) is 0.441. The number of halogens is 2. The van der Waals surface area contributed by atoms with E-state index in [0.717, 1.165) is 12.5 Å². The minimum Gasteiger partial charge on any atom is -0.258 e. The molecule has 0 radical (unpaired) electrons. The van der Waals surface area contributed by atoms with Crippen LogP contribution < -0.4 is 0 Å². The molecule has 5 heteroatoms. The van der Waals surface area contributed by atoms with E-state index in [1.807, 2.05) is 6.92 Å². The van der Waals surface area contributed by atoms with Crippen molar-refractivity contribution in [3.05, 3.63) is 39.7 Å². The summed E-state index contributed by atoms with van der Waals surface area (Å²) < 4.78 is 12.9. The van der Waals surface area contributed by atoms with Gasteiger partial charge in [0.15, 0.2) is 0 Å². The molecule has 15 heavy (non-hydrogen) atoms. The summed E-state index contributed by atoms with van der Waals surface area (Å²) in [6.07, 6.45) is 1.24. The normalized spacial score (nSPS) is 12.5. The quantitative estimate of drug-likeness (QED) is 0.480. The van der Waals surface area contributed by atoms with Gasteiger partial charge in [0.25, 0.3) is 5.69 Å². The molecule has 0 fully saturated rings. The second-order valence-corrected chi connectivity index (χ2v) is 4.91. The third kappa shape index (κ3) is 3.58. The van der Waals surface area contributed by atoms with E-state index in [2.05, 4.69) is 15.9 Å². The van der Waals surface area contributed by atoms with E-state index >= 15 is 0 Å². The Morgan fingerprint density at radius 2 is 2.27 bits per heavy atom. The number of aryl methyl sites for hydroxylation is 1. The summed E-state index contributed by atoms with van der Waals surface area (Å²) in [6.45, 7) is 1.95. The summed E-state index contributed by atoms with van der Waals surface area (Å²) >= 11 is 3.35. The van der Waals surface area contributed by atoms with Gasteiger partial charge in [0, 0.05) is 16.5 Å². The van der Waals surface area contributed by atoms with E-state index in [9.17, 15) is 14.5 Å². The topological polar surface area (TPSA) is 43.1 Å². The molecule has 0 aliphatic carbocycles. The monoisotopic (exact) mass is 275 g/mol. The molecule has 0 aliphatic rings. The summed E-state index contributed by atoms with van der Waals surface area (Å²) in [7, 11) is 0. The Hall–Kier alpha value is -0.970. The molecule has 0 aliphatic heterocycles. The minimum atomic E-state index is -0.479. The van der Waals surface area contributed by atoms with E-state index in [0.29, 0.717) is 12.0 Å². The van der Waals surface area contributed by atoms with Crippen molar-refractivity contribution < 1.29 is 9.31 Å². The van der Waals surface area contributed by atoms with Crippen LogP contribution in [-0.4, -0.2) is 9.75 Å². The van der Waals surface area contributed by atoms with Crippen LogP contribution in [-0.2, 0) is 6.42 Å². The van der Waals surface area contributed by atoms with Crippen LogP contribution in [0, 0.1) is 15.9 Å². The molecule has 1 unspecified atom stereocenters. The maximum Gasteiger partial charge on any atom is 0.272 e. The van der Waals surface area contributed by atoms with Crippen LogP contribution in [0.4, 0.5) is 10.1 Å². The number of nitro benzene ring substituents is 1. The smallest absolute Gasteiger partial charge is 0.258 e. The van der Waals surface area contributed by atoms with Crippen molar-refractivity contribution in [3.8, 4) is 0 Å². The highest BCUT2D eigenvalue weighted by Gasteiger charge is 2.14. The van der Waals surface area contributed by atoms with E-state index in [1.165, 1.54) is 12.1 Å². The Balaban J connectivity index is 2.92. The maximum atomic E-state index is 12.9. The number of nitrogens with zero attached hydrogens (tertiary/aromatic N) is 1. The predicted octanol–water partition coefficient (Wildman–Crippen LogP) is 3.45. The molecule has 0 bridgehead atoms. The fourth-order valence-electron chi connectivity index (χ4n) is 1.29. The van der Waals surface area contributed by atoms with Crippen LogP contribution in [0.25, 0.3) is 0 Å². The number of hydrogen-bond acceptors (Lipinski definition) is 2. The number of nitro groups is 1. The molecule has 1 atom stereocenters. The Kier molecular flexibility index (Phi) is 4.20. The van der Waals surface area contributed by atoms with Crippen molar-refractivity contribution in [1.82, 2.24) is 0 Å². The van der Waals surface area contributed by atoms with Gasteiger partial charge in [-0.05, 0) is 25.0 Å². The van der Waals surface area contributed by atoms with Gasteiger partial charge in [0.1, 0.15) is 5.82 Å². The zero-order chi connectivity index (χ0) is 11.4. The minimum absolute atomic E-state index is 0.00968. The summed E-state index contributed by atoms with van der Waals surface area (Å²) in [5, 5.41) is 10.6. The van der Waals surface area contributed by atoms with Crippen molar-refractivity contribution in [2.45, 2.75) is 24.6 Å². The second-order valence-electron chi connectivity index (χ2n) is 3.35. The molecule has 0 spiro atoms. The molecule has 0 aromatic heterocycles. The highest BCUT2D eigenvalue weighted by Crippen LogP contribution is 2.22. The fraction of sp³-hybridized carbons (Fsp3) is 0.400. The van der Waals surface area contributed by atoms with Gasteiger partial charge in [-0.1, -0.05) is 22.9 Å². The second kappa shape index (κ2) is 5.21. The third-order valence-corrected chi connectivity index (χ3v) is 2.51. The van der Waals surface area contributed by atoms with E-state index < -0.39 is 10.7 Å². The van der Waals surface area contributed by atoms with Crippen LogP contribution in [0.3, 0.4) is 0 Å². The molecule has 0 N–H and O–H groups in total. The van der Waals surface area contributed by atoms with Crippen LogP contribution in [0.15, 0.2) is 18.2 Å². The molecule has 3 nitrogen and oxygen atoms in total. The molecular formula is C10H11BrFNO2. The Morgan fingerprint density at radius 1 is 1.60 bits per heavy atom. The first kappa shape index (κ1) is 12.1. The lowest BCUT2D eigenvalue weighted by molar-refractivity contribution is -0.385. The molecule has 0 saturated heterocycles. The van der Waals surface area contributed by atoms with E-state index in [-0.39, 0.29) is 10.5 Å². The van der Waals surface area contributed by atoms with Gasteiger partial charge < -0.3 is 0 Å². The molecule has 1 rings (SSSR count). The molecule has 0 amide bonds. The van der Waals surface area contributed by atoms with Crippen LogP contribution >= 0.6 is 15.9 Å². The summed E-state index contributed by atoms with van der Waals surface area (Å²) in [5.74, 6) is -0.433. The van der Waals surface area contributed by atoms with Gasteiger partial charge in [-0.15, -0.1) is 0 Å². The average Bonchev–Trinajstić information content (AvgIpc) is 2.14. The Bertz CT molecular complexity index is 368. The van der Waals surface area contributed by atoms with Crippen molar-refractivity contribution in [2.24, 2.45) is 0 Å². The third-order valence-electron chi connectivity index (χ3n) is 2.05. The first-order chi connectivity index (χ1) is 7.00. The van der Waals surface area contributed by atoms with Crippen molar-refractivity contribution in [1.29, 1.82) is 0 Å². The highest BCUT2D eigenvalue weighted by atomic mass is 79.9. The largest absolute Gasteiger partial charge is 0.272 e. The molecule has 82 valence electrons. The lowest BCUT2D eigenvalue weighted by Crippen LogP contribution is -1.99. The number of rotatable bonds is 4. The standard InChI is InChI=1S/C10H11BrFNO2/c1-7(11)2-3-8-6-9(12)4-5-10(8)13(14)15/h4-7H,2-3H2,1H3. The van der Waals surface area contributed by atoms with E-state index in [1.54, 1.807) is 0 Å². The zero-order valence-corrected chi connectivity index (χ0v) is 9.83. The molecule has 1 aromatic carbocycles. The summed E-state index contributed by atoms with van der Waals surface area (Å²) in [6, 6.07) is 3.55. The van der Waals surface area contributed by atoms with Crippen molar-refractivity contribution in [3.63, 3.8) is 0 Å². The number of benzene rings is 1. The first-order valence-electron chi connectivity index (χ1n) is 4.57. The molecular weight excluding hydrogens is 265 g/mol. The maximum absolute atomic E-state index is 12.9. The predicted molar refractivity (Wildman–Crippen MR) is 59.8 cm³/mol. The molecule has 1 aromatic rings. The van der Waals surface area contributed by atoms with Crippen molar-refractivity contribution in [2.75, 3.05) is 0 Å². The lowest BCUT2D eigenvalue weighted by Gasteiger charge is -2.04. The van der Waals surface area contributed by atoms with Gasteiger partial charge in [0.05, 0.1) is 4.92 Å². The fourth-order valence-corrected chi connectivity index (χ4v) is 1.52. The van der Waals surface area contributed by atoms with Gasteiger partial charge in [-0.25, -0.2) is 4.39 Å². The van der Waals surface area contributed by atoms with Crippen LogP contribution in [0.5, 0.6) is 0 Å². The number of hydrogen-bond donors (Lipinski definition) is 0. The summed E-state index contributed by atoms with van der Waals surface area (Å²) in [4.78, 5) is 10.4. The van der Waals surface area contributed by atoms with Crippen LogP contribution in [0.2, 0.25) is 0 Å². The lowest BCUT2D eigenvalue weighted by atomic mass is 10.1.